The molecule has 0 atom stereocenters. The number of aryl methyl sites for hydroxylation is 1. The number of pyridine rings is 1. The standard InChI is InChI=1S/C8H8NO/c1-4-8-7(9-5-1)3-2-6-10-8/h4-5H,2-3,6H2. The zero-order valence-corrected chi connectivity index (χ0v) is 5.63. The van der Waals surface area contributed by atoms with Crippen molar-refractivity contribution in [3.05, 3.63) is 24.0 Å². The van der Waals surface area contributed by atoms with Gasteiger partial charge in [0.2, 0.25) is 0 Å². The van der Waals surface area contributed by atoms with Crippen molar-refractivity contribution in [2.24, 2.45) is 0 Å². The third kappa shape index (κ3) is 0.856. The van der Waals surface area contributed by atoms with Gasteiger partial charge in [0, 0.05) is 12.3 Å². The number of rotatable bonds is 0. The molecule has 0 amide bonds. The van der Waals surface area contributed by atoms with E-state index in [2.05, 4.69) is 11.1 Å². The highest BCUT2D eigenvalue weighted by Crippen LogP contribution is 2.20. The second-order valence-electron chi connectivity index (χ2n) is 2.33. The normalized spacial score (nSPS) is 15.6. The molecule has 1 radical (unpaired) electrons. The van der Waals surface area contributed by atoms with E-state index in [0.29, 0.717) is 0 Å². The molecule has 2 rings (SSSR count). The Labute approximate surface area is 59.9 Å². The van der Waals surface area contributed by atoms with E-state index in [1.165, 1.54) is 0 Å². The predicted molar refractivity (Wildman–Crippen MR) is 36.9 cm³/mol. The molecule has 0 aromatic carbocycles. The minimum atomic E-state index is 0.826. The molecule has 1 aliphatic heterocycles. The van der Waals surface area contributed by atoms with E-state index in [0.717, 1.165) is 30.9 Å². The number of hydrogen-bond donors (Lipinski definition) is 0. The van der Waals surface area contributed by atoms with Gasteiger partial charge < -0.3 is 4.74 Å². The zero-order chi connectivity index (χ0) is 6.81. The zero-order valence-electron chi connectivity index (χ0n) is 5.63. The van der Waals surface area contributed by atoms with Crippen LogP contribution in [0.4, 0.5) is 0 Å². The maximum absolute atomic E-state index is 5.33. The largest absolute Gasteiger partial charge is 0.492 e. The summed E-state index contributed by atoms with van der Waals surface area (Å²) in [6, 6.07) is 4.73. The van der Waals surface area contributed by atoms with Crippen molar-refractivity contribution < 1.29 is 4.74 Å². The summed E-state index contributed by atoms with van der Waals surface area (Å²) in [6.07, 6.45) is 3.82. The summed E-state index contributed by atoms with van der Waals surface area (Å²) in [5, 5.41) is 0. The van der Waals surface area contributed by atoms with Gasteiger partial charge >= 0.3 is 0 Å². The minimum Gasteiger partial charge on any atom is -0.492 e. The number of hydrogen-bond acceptors (Lipinski definition) is 2. The fraction of sp³-hybridized carbons (Fsp3) is 0.375. The summed E-state index contributed by atoms with van der Waals surface area (Å²) in [4.78, 5) is 4.14. The number of aromatic nitrogens is 1. The lowest BCUT2D eigenvalue weighted by Gasteiger charge is -2.14. The second-order valence-corrected chi connectivity index (χ2v) is 2.33. The smallest absolute Gasteiger partial charge is 0.141 e. The first-order chi connectivity index (χ1) is 4.97. The molecule has 0 fully saturated rings. The molecule has 0 N–H and O–H groups in total. The fourth-order valence-electron chi connectivity index (χ4n) is 1.11. The van der Waals surface area contributed by atoms with Gasteiger partial charge in [0.05, 0.1) is 12.3 Å². The molecule has 0 saturated heterocycles. The van der Waals surface area contributed by atoms with Crippen LogP contribution in [0, 0.1) is 6.07 Å². The number of fused-ring (bicyclic) bond motifs is 1. The molecule has 0 spiro atoms. The Morgan fingerprint density at radius 1 is 1.60 bits per heavy atom. The molecule has 0 saturated carbocycles. The van der Waals surface area contributed by atoms with Gasteiger partial charge in [-0.3, -0.25) is 4.98 Å². The van der Waals surface area contributed by atoms with Gasteiger partial charge in [0.1, 0.15) is 5.75 Å². The highest BCUT2D eigenvalue weighted by Gasteiger charge is 2.08. The van der Waals surface area contributed by atoms with Crippen LogP contribution in [0.5, 0.6) is 5.75 Å². The van der Waals surface area contributed by atoms with Gasteiger partial charge in [0.25, 0.3) is 0 Å². The molecule has 0 bridgehead atoms. The van der Waals surface area contributed by atoms with Crippen molar-refractivity contribution in [3.63, 3.8) is 0 Å². The highest BCUT2D eigenvalue weighted by atomic mass is 16.5. The van der Waals surface area contributed by atoms with Crippen LogP contribution < -0.4 is 4.74 Å². The van der Waals surface area contributed by atoms with Gasteiger partial charge in [-0.25, -0.2) is 0 Å². The van der Waals surface area contributed by atoms with Crippen LogP contribution >= 0.6 is 0 Å². The van der Waals surface area contributed by atoms with Gasteiger partial charge in [-0.1, -0.05) is 0 Å². The van der Waals surface area contributed by atoms with E-state index in [9.17, 15) is 0 Å². The number of nitrogens with zero attached hydrogens (tertiary/aromatic N) is 1. The summed E-state index contributed by atoms with van der Waals surface area (Å²) >= 11 is 0. The molecule has 2 nitrogen and oxygen atoms in total. The van der Waals surface area contributed by atoms with E-state index in [4.69, 9.17) is 4.74 Å². The lowest BCUT2D eigenvalue weighted by atomic mass is 10.2. The summed E-state index contributed by atoms with van der Waals surface area (Å²) in [7, 11) is 0. The van der Waals surface area contributed by atoms with E-state index in [1.54, 1.807) is 6.20 Å². The van der Waals surface area contributed by atoms with Crippen molar-refractivity contribution in [1.29, 1.82) is 0 Å². The minimum absolute atomic E-state index is 0.826. The molecule has 1 aliphatic rings. The summed E-state index contributed by atoms with van der Waals surface area (Å²) in [6.45, 7) is 0.826. The molecule has 51 valence electrons. The van der Waals surface area contributed by atoms with Crippen molar-refractivity contribution >= 4 is 0 Å². The molecule has 1 aromatic rings. The first kappa shape index (κ1) is 5.71. The summed E-state index contributed by atoms with van der Waals surface area (Å²) in [5.74, 6) is 0.911. The van der Waals surface area contributed by atoms with Crippen molar-refractivity contribution in [1.82, 2.24) is 4.98 Å². The third-order valence-corrected chi connectivity index (χ3v) is 1.61. The molecule has 0 aliphatic carbocycles. The Balaban J connectivity index is 2.41. The first-order valence-electron chi connectivity index (χ1n) is 3.44. The first-order valence-corrected chi connectivity index (χ1v) is 3.44. The Hall–Kier alpha value is -1.05. The van der Waals surface area contributed by atoms with Crippen molar-refractivity contribution in [2.75, 3.05) is 6.61 Å². The molecule has 2 heteroatoms. The average molecular weight is 134 g/mol. The van der Waals surface area contributed by atoms with Gasteiger partial charge in [-0.2, -0.15) is 0 Å². The Bertz CT molecular complexity index is 209. The molecule has 10 heavy (non-hydrogen) atoms. The van der Waals surface area contributed by atoms with Crippen LogP contribution in [0.1, 0.15) is 12.1 Å². The van der Waals surface area contributed by atoms with E-state index in [1.807, 2.05) is 6.07 Å². The van der Waals surface area contributed by atoms with Gasteiger partial charge in [-0.15, -0.1) is 0 Å². The molecule has 2 heterocycles. The molecular formula is C8H8NO. The highest BCUT2D eigenvalue weighted by molar-refractivity contribution is 5.27. The Morgan fingerprint density at radius 3 is 3.50 bits per heavy atom. The topological polar surface area (TPSA) is 22.1 Å². The van der Waals surface area contributed by atoms with Crippen LogP contribution in [-0.2, 0) is 6.42 Å². The molecule has 0 unspecified atom stereocenters. The monoisotopic (exact) mass is 134 g/mol. The Morgan fingerprint density at radius 2 is 2.60 bits per heavy atom. The van der Waals surface area contributed by atoms with Crippen molar-refractivity contribution in [2.45, 2.75) is 12.8 Å². The summed E-state index contributed by atoms with van der Waals surface area (Å²) in [5.41, 5.74) is 1.07. The quantitative estimate of drug-likeness (QED) is 0.532. The maximum atomic E-state index is 5.33. The van der Waals surface area contributed by atoms with E-state index in [-0.39, 0.29) is 0 Å². The van der Waals surface area contributed by atoms with Crippen LogP contribution in [0.15, 0.2) is 12.3 Å². The fourth-order valence-corrected chi connectivity index (χ4v) is 1.11. The maximum Gasteiger partial charge on any atom is 0.141 e. The number of ether oxygens (including phenoxy) is 1. The van der Waals surface area contributed by atoms with Crippen molar-refractivity contribution in [3.8, 4) is 5.75 Å². The Kier molecular flexibility index (Phi) is 1.31. The lowest BCUT2D eigenvalue weighted by molar-refractivity contribution is 0.285. The van der Waals surface area contributed by atoms with Crippen LogP contribution in [0.2, 0.25) is 0 Å². The van der Waals surface area contributed by atoms with Crippen LogP contribution in [0.25, 0.3) is 0 Å². The molecular weight excluding hydrogens is 126 g/mol. The second kappa shape index (κ2) is 2.29. The van der Waals surface area contributed by atoms with E-state index < -0.39 is 0 Å². The van der Waals surface area contributed by atoms with Gasteiger partial charge in [0.15, 0.2) is 0 Å². The molecule has 1 aromatic heterocycles. The van der Waals surface area contributed by atoms with Crippen LogP contribution in [0.3, 0.4) is 0 Å². The average Bonchev–Trinajstić information content (AvgIpc) is 2.05. The van der Waals surface area contributed by atoms with Gasteiger partial charge in [-0.05, 0) is 18.9 Å². The van der Waals surface area contributed by atoms with Crippen LogP contribution in [-0.4, -0.2) is 11.6 Å². The predicted octanol–water partition coefficient (Wildman–Crippen LogP) is 1.21. The van der Waals surface area contributed by atoms with E-state index >= 15 is 0 Å². The third-order valence-electron chi connectivity index (χ3n) is 1.61. The lowest BCUT2D eigenvalue weighted by Crippen LogP contribution is -2.09. The SMILES string of the molecule is [c]1cnc2c(c1)OCCC2. The summed E-state index contributed by atoms with van der Waals surface area (Å²) < 4.78 is 5.33.